The topological polar surface area (TPSA) is 46.4 Å². The fourth-order valence-electron chi connectivity index (χ4n) is 6.00. The molecule has 0 saturated carbocycles. The second-order valence-corrected chi connectivity index (χ2v) is 12.8. The monoisotopic (exact) mass is 567 g/mol. The molecule has 0 spiro atoms. The molecule has 216 valence electrons. The lowest BCUT2D eigenvalue weighted by Gasteiger charge is -2.22. The molecule has 0 unspecified atom stereocenters. The number of aromatic nitrogens is 3. The standard InChI is InChI=1S/C37H37N5O/c1-24(2)30-20-26(41-23-40(6)32-13-9-10-14-33(32)41)21-36(39-30)43-27-15-16-29-28-11-7-8-12-31(28)42(34(29)22-27)35-19-25(17-18-38-35)37(3,4)5/h7-22,24H,23H2,1-6H3. The van der Waals surface area contributed by atoms with E-state index in [9.17, 15) is 0 Å². The lowest BCUT2D eigenvalue weighted by atomic mass is 9.88. The maximum absolute atomic E-state index is 6.57. The highest BCUT2D eigenvalue weighted by Gasteiger charge is 2.25. The predicted octanol–water partition coefficient (Wildman–Crippen LogP) is 9.33. The second kappa shape index (κ2) is 10.2. The first-order valence-corrected chi connectivity index (χ1v) is 14.9. The molecule has 3 aromatic heterocycles. The molecule has 6 nitrogen and oxygen atoms in total. The summed E-state index contributed by atoms with van der Waals surface area (Å²) in [5.41, 5.74) is 7.90. The van der Waals surface area contributed by atoms with Crippen LogP contribution in [0.2, 0.25) is 0 Å². The summed E-state index contributed by atoms with van der Waals surface area (Å²) in [6, 6.07) is 31.9. The van der Waals surface area contributed by atoms with Crippen molar-refractivity contribution in [2.45, 2.75) is 46.0 Å². The van der Waals surface area contributed by atoms with Crippen molar-refractivity contribution in [3.8, 4) is 17.4 Å². The Morgan fingerprint density at radius 2 is 1.53 bits per heavy atom. The number of ether oxygens (including phenoxy) is 1. The molecule has 0 N–H and O–H groups in total. The number of benzene rings is 3. The van der Waals surface area contributed by atoms with E-state index in [1.54, 1.807) is 0 Å². The molecule has 0 amide bonds. The van der Waals surface area contributed by atoms with Crippen LogP contribution in [0.25, 0.3) is 27.6 Å². The third-order valence-electron chi connectivity index (χ3n) is 8.36. The lowest BCUT2D eigenvalue weighted by Crippen LogP contribution is -2.24. The van der Waals surface area contributed by atoms with Crippen molar-refractivity contribution < 1.29 is 4.74 Å². The van der Waals surface area contributed by atoms with Gasteiger partial charge in [-0.15, -0.1) is 0 Å². The summed E-state index contributed by atoms with van der Waals surface area (Å²) in [5.74, 6) is 2.48. The lowest BCUT2D eigenvalue weighted by molar-refractivity contribution is 0.460. The van der Waals surface area contributed by atoms with E-state index in [1.165, 1.54) is 22.3 Å². The van der Waals surface area contributed by atoms with E-state index < -0.39 is 0 Å². The smallest absolute Gasteiger partial charge is 0.221 e. The SMILES string of the molecule is CC(C)c1cc(N2CN(C)c3ccccc32)cc(Oc2ccc3c4ccccc4n(-c4cc(C(C)(C)C)ccn4)c3c2)n1. The number of rotatable bonds is 5. The highest BCUT2D eigenvalue weighted by atomic mass is 16.5. The van der Waals surface area contributed by atoms with E-state index >= 15 is 0 Å². The van der Waals surface area contributed by atoms with Crippen LogP contribution in [-0.2, 0) is 5.41 Å². The number of hydrogen-bond acceptors (Lipinski definition) is 5. The van der Waals surface area contributed by atoms with Gasteiger partial charge in [-0.1, -0.05) is 65.0 Å². The average molecular weight is 568 g/mol. The summed E-state index contributed by atoms with van der Waals surface area (Å²) in [5, 5.41) is 2.35. The van der Waals surface area contributed by atoms with Crippen LogP contribution >= 0.6 is 0 Å². The average Bonchev–Trinajstić information content (AvgIpc) is 3.51. The number of para-hydroxylation sites is 3. The van der Waals surface area contributed by atoms with E-state index in [4.69, 9.17) is 14.7 Å². The fraction of sp³-hybridized carbons (Fsp3) is 0.243. The van der Waals surface area contributed by atoms with E-state index in [2.05, 4.69) is 141 Å². The van der Waals surface area contributed by atoms with Gasteiger partial charge in [0.2, 0.25) is 5.88 Å². The van der Waals surface area contributed by atoms with Crippen LogP contribution in [0.5, 0.6) is 11.6 Å². The van der Waals surface area contributed by atoms with Crippen LogP contribution < -0.4 is 14.5 Å². The van der Waals surface area contributed by atoms with Crippen molar-refractivity contribution >= 4 is 38.9 Å². The van der Waals surface area contributed by atoms with Crippen molar-refractivity contribution in [2.24, 2.45) is 0 Å². The number of nitrogens with zero attached hydrogens (tertiary/aromatic N) is 5. The molecule has 0 saturated heterocycles. The van der Waals surface area contributed by atoms with Gasteiger partial charge in [0, 0.05) is 41.8 Å². The second-order valence-electron chi connectivity index (χ2n) is 12.8. The molecule has 1 aliphatic heterocycles. The van der Waals surface area contributed by atoms with Gasteiger partial charge < -0.3 is 14.5 Å². The fourth-order valence-corrected chi connectivity index (χ4v) is 6.00. The Bertz CT molecular complexity index is 1980. The molecule has 6 aromatic rings. The highest BCUT2D eigenvalue weighted by molar-refractivity contribution is 6.09. The Hall–Kier alpha value is -4.84. The summed E-state index contributed by atoms with van der Waals surface area (Å²) >= 11 is 0. The van der Waals surface area contributed by atoms with Gasteiger partial charge in [-0.05, 0) is 65.4 Å². The Morgan fingerprint density at radius 1 is 0.791 bits per heavy atom. The predicted molar refractivity (Wildman–Crippen MR) is 178 cm³/mol. The molecule has 4 heterocycles. The Kier molecular flexibility index (Phi) is 6.38. The zero-order valence-corrected chi connectivity index (χ0v) is 25.7. The van der Waals surface area contributed by atoms with Gasteiger partial charge in [-0.3, -0.25) is 4.57 Å². The van der Waals surface area contributed by atoms with Gasteiger partial charge in [-0.2, -0.15) is 0 Å². The third-order valence-corrected chi connectivity index (χ3v) is 8.36. The van der Waals surface area contributed by atoms with Crippen LogP contribution in [0, 0.1) is 0 Å². The molecule has 7 rings (SSSR count). The maximum Gasteiger partial charge on any atom is 0.221 e. The Morgan fingerprint density at radius 3 is 2.33 bits per heavy atom. The molecule has 0 aliphatic carbocycles. The first kappa shape index (κ1) is 27.0. The minimum atomic E-state index is 0.0141. The normalized spacial score (nSPS) is 13.4. The van der Waals surface area contributed by atoms with E-state index in [0.717, 1.165) is 46.0 Å². The molecule has 43 heavy (non-hydrogen) atoms. The zero-order valence-electron chi connectivity index (χ0n) is 25.7. The maximum atomic E-state index is 6.57. The van der Waals surface area contributed by atoms with Crippen molar-refractivity contribution in [1.29, 1.82) is 0 Å². The Balaban J connectivity index is 1.33. The van der Waals surface area contributed by atoms with Crippen molar-refractivity contribution in [1.82, 2.24) is 14.5 Å². The highest BCUT2D eigenvalue weighted by Crippen LogP contribution is 2.42. The zero-order chi connectivity index (χ0) is 29.9. The van der Waals surface area contributed by atoms with Gasteiger partial charge in [0.25, 0.3) is 0 Å². The first-order valence-electron chi connectivity index (χ1n) is 14.9. The molecular formula is C37H37N5O. The van der Waals surface area contributed by atoms with Crippen LogP contribution in [0.4, 0.5) is 17.1 Å². The van der Waals surface area contributed by atoms with Crippen LogP contribution in [0.15, 0.2) is 97.2 Å². The summed E-state index contributed by atoms with van der Waals surface area (Å²) in [6.07, 6.45) is 1.91. The van der Waals surface area contributed by atoms with E-state index in [0.29, 0.717) is 5.88 Å². The molecule has 0 bridgehead atoms. The van der Waals surface area contributed by atoms with E-state index in [-0.39, 0.29) is 11.3 Å². The van der Waals surface area contributed by atoms with E-state index in [1.807, 2.05) is 12.3 Å². The minimum Gasteiger partial charge on any atom is -0.439 e. The Labute approximate surface area is 253 Å². The van der Waals surface area contributed by atoms with Gasteiger partial charge in [0.05, 0.1) is 34.8 Å². The summed E-state index contributed by atoms with van der Waals surface area (Å²) < 4.78 is 8.82. The third kappa shape index (κ3) is 4.77. The molecule has 6 heteroatoms. The minimum absolute atomic E-state index is 0.0141. The number of fused-ring (bicyclic) bond motifs is 4. The van der Waals surface area contributed by atoms with Crippen LogP contribution in [0.1, 0.15) is 51.8 Å². The van der Waals surface area contributed by atoms with Gasteiger partial charge in [-0.25, -0.2) is 9.97 Å². The van der Waals surface area contributed by atoms with Gasteiger partial charge in [0.1, 0.15) is 11.6 Å². The quantitative estimate of drug-likeness (QED) is 0.208. The first-order chi connectivity index (χ1) is 20.7. The summed E-state index contributed by atoms with van der Waals surface area (Å²) in [4.78, 5) is 14.3. The van der Waals surface area contributed by atoms with Gasteiger partial charge in [0.15, 0.2) is 0 Å². The molecule has 0 radical (unpaired) electrons. The van der Waals surface area contributed by atoms with Crippen LogP contribution in [-0.4, -0.2) is 28.3 Å². The van der Waals surface area contributed by atoms with Crippen molar-refractivity contribution in [2.75, 3.05) is 23.5 Å². The van der Waals surface area contributed by atoms with Crippen LogP contribution in [0.3, 0.4) is 0 Å². The largest absolute Gasteiger partial charge is 0.439 e. The molecule has 0 fully saturated rings. The van der Waals surface area contributed by atoms with Gasteiger partial charge >= 0.3 is 0 Å². The number of hydrogen-bond donors (Lipinski definition) is 0. The van der Waals surface area contributed by atoms with Crippen molar-refractivity contribution in [3.63, 3.8) is 0 Å². The summed E-state index contributed by atoms with van der Waals surface area (Å²) in [6.45, 7) is 11.8. The molecule has 0 atom stereocenters. The number of anilines is 3. The summed E-state index contributed by atoms with van der Waals surface area (Å²) in [7, 11) is 2.13. The molecular weight excluding hydrogens is 530 g/mol. The van der Waals surface area contributed by atoms with Crippen molar-refractivity contribution in [3.05, 3.63) is 108 Å². The number of pyridine rings is 2. The molecule has 3 aromatic carbocycles. The molecule has 1 aliphatic rings.